The Kier molecular flexibility index (Phi) is 3.51. The Morgan fingerprint density at radius 2 is 2.33 bits per heavy atom. The molecule has 0 fully saturated rings. The van der Waals surface area contributed by atoms with Gasteiger partial charge in [0.25, 0.3) is 0 Å². The SMILES string of the molecule is CCOC(=O)c1noc(-c2cnn(C)c2C)c1Br. The molecule has 0 aliphatic heterocycles. The molecular formula is C11H12BrN3O3. The number of nitrogens with zero attached hydrogens (tertiary/aromatic N) is 3. The van der Waals surface area contributed by atoms with Crippen LogP contribution in [0, 0.1) is 6.92 Å². The molecule has 0 saturated heterocycles. The van der Waals surface area contributed by atoms with Gasteiger partial charge in [0, 0.05) is 12.7 Å². The number of hydrogen-bond acceptors (Lipinski definition) is 5. The molecule has 0 bridgehead atoms. The highest BCUT2D eigenvalue weighted by Gasteiger charge is 2.24. The number of carbonyl (C=O) groups is 1. The van der Waals surface area contributed by atoms with Crippen molar-refractivity contribution in [2.24, 2.45) is 7.05 Å². The Balaban J connectivity index is 2.43. The fraction of sp³-hybridized carbons (Fsp3) is 0.364. The van der Waals surface area contributed by atoms with Gasteiger partial charge in [-0.3, -0.25) is 4.68 Å². The summed E-state index contributed by atoms with van der Waals surface area (Å²) in [6, 6.07) is 0. The summed E-state index contributed by atoms with van der Waals surface area (Å²) in [5, 5.41) is 7.84. The van der Waals surface area contributed by atoms with E-state index in [4.69, 9.17) is 9.26 Å². The molecule has 2 aromatic rings. The maximum Gasteiger partial charge on any atom is 0.361 e. The van der Waals surface area contributed by atoms with Crippen molar-refractivity contribution < 1.29 is 14.1 Å². The summed E-state index contributed by atoms with van der Waals surface area (Å²) in [4.78, 5) is 11.6. The minimum Gasteiger partial charge on any atom is -0.461 e. The molecule has 2 rings (SSSR count). The van der Waals surface area contributed by atoms with Gasteiger partial charge < -0.3 is 9.26 Å². The van der Waals surface area contributed by atoms with E-state index in [9.17, 15) is 4.79 Å². The maximum atomic E-state index is 11.6. The standard InChI is InChI=1S/C11H12BrN3O3/c1-4-17-11(16)9-8(12)10(18-14-9)7-5-13-15(3)6(7)2/h5H,4H2,1-3H3. The van der Waals surface area contributed by atoms with E-state index in [1.807, 2.05) is 14.0 Å². The molecule has 0 atom stereocenters. The summed E-state index contributed by atoms with van der Waals surface area (Å²) in [5.41, 5.74) is 1.84. The minimum absolute atomic E-state index is 0.134. The van der Waals surface area contributed by atoms with Crippen molar-refractivity contribution in [3.8, 4) is 11.3 Å². The summed E-state index contributed by atoms with van der Waals surface area (Å²) in [7, 11) is 1.83. The van der Waals surface area contributed by atoms with Crippen LogP contribution in [0.15, 0.2) is 15.2 Å². The van der Waals surface area contributed by atoms with Crippen LogP contribution in [0.4, 0.5) is 0 Å². The van der Waals surface area contributed by atoms with Crippen LogP contribution < -0.4 is 0 Å². The third-order valence-corrected chi connectivity index (χ3v) is 3.32. The number of halogens is 1. The quantitative estimate of drug-likeness (QED) is 0.813. The van der Waals surface area contributed by atoms with Gasteiger partial charge in [-0.05, 0) is 29.8 Å². The lowest BCUT2D eigenvalue weighted by Crippen LogP contribution is -2.05. The largest absolute Gasteiger partial charge is 0.461 e. The molecule has 0 amide bonds. The highest BCUT2D eigenvalue weighted by Crippen LogP contribution is 2.33. The van der Waals surface area contributed by atoms with Gasteiger partial charge in [-0.15, -0.1) is 0 Å². The second kappa shape index (κ2) is 4.93. The number of aromatic nitrogens is 3. The van der Waals surface area contributed by atoms with Gasteiger partial charge in [0.1, 0.15) is 4.47 Å². The zero-order valence-electron chi connectivity index (χ0n) is 10.2. The molecule has 0 saturated carbocycles. The van der Waals surface area contributed by atoms with Crippen molar-refractivity contribution in [3.63, 3.8) is 0 Å². The van der Waals surface area contributed by atoms with Gasteiger partial charge in [-0.25, -0.2) is 4.79 Å². The maximum absolute atomic E-state index is 11.6. The van der Waals surface area contributed by atoms with Gasteiger partial charge in [0.05, 0.1) is 18.4 Å². The van der Waals surface area contributed by atoms with Crippen LogP contribution in [0.5, 0.6) is 0 Å². The first-order valence-electron chi connectivity index (χ1n) is 5.37. The summed E-state index contributed by atoms with van der Waals surface area (Å²) >= 11 is 3.31. The summed E-state index contributed by atoms with van der Waals surface area (Å²) in [5.74, 6) is -0.0374. The highest BCUT2D eigenvalue weighted by atomic mass is 79.9. The molecule has 2 aromatic heterocycles. The molecule has 0 aromatic carbocycles. The molecule has 0 aliphatic rings. The molecule has 18 heavy (non-hydrogen) atoms. The Hall–Kier alpha value is -1.63. The van der Waals surface area contributed by atoms with Crippen LogP contribution in [0.25, 0.3) is 11.3 Å². The predicted octanol–water partition coefficient (Wildman–Crippen LogP) is 2.32. The normalized spacial score (nSPS) is 10.7. The van der Waals surface area contributed by atoms with Crippen molar-refractivity contribution in [2.45, 2.75) is 13.8 Å². The molecule has 0 unspecified atom stereocenters. The Bertz CT molecular complexity index is 588. The van der Waals surface area contributed by atoms with Crippen LogP contribution in [-0.2, 0) is 11.8 Å². The molecule has 0 N–H and O–H groups in total. The summed E-state index contributed by atoms with van der Waals surface area (Å²) in [6.45, 7) is 3.93. The van der Waals surface area contributed by atoms with E-state index in [0.29, 0.717) is 16.8 Å². The van der Waals surface area contributed by atoms with Gasteiger partial charge in [0.15, 0.2) is 5.76 Å². The molecule has 2 heterocycles. The van der Waals surface area contributed by atoms with Crippen LogP contribution in [0.1, 0.15) is 23.1 Å². The third-order valence-electron chi connectivity index (χ3n) is 2.58. The number of rotatable bonds is 3. The topological polar surface area (TPSA) is 70.2 Å². The zero-order valence-corrected chi connectivity index (χ0v) is 11.8. The van der Waals surface area contributed by atoms with Gasteiger partial charge in [-0.1, -0.05) is 5.16 Å². The van der Waals surface area contributed by atoms with E-state index < -0.39 is 5.97 Å². The Morgan fingerprint density at radius 1 is 1.61 bits per heavy atom. The summed E-state index contributed by atoms with van der Waals surface area (Å²) in [6.07, 6.45) is 1.66. The molecule has 6 nitrogen and oxygen atoms in total. The lowest BCUT2D eigenvalue weighted by atomic mass is 10.2. The van der Waals surface area contributed by atoms with Gasteiger partial charge in [0.2, 0.25) is 5.69 Å². The van der Waals surface area contributed by atoms with E-state index in [1.165, 1.54) is 0 Å². The Labute approximate surface area is 112 Å². The number of aryl methyl sites for hydroxylation is 1. The highest BCUT2D eigenvalue weighted by molar-refractivity contribution is 9.10. The molecule has 96 valence electrons. The lowest BCUT2D eigenvalue weighted by Gasteiger charge is -1.98. The zero-order chi connectivity index (χ0) is 13.3. The minimum atomic E-state index is -0.513. The van der Waals surface area contributed by atoms with Crippen LogP contribution in [0.3, 0.4) is 0 Å². The first-order valence-corrected chi connectivity index (χ1v) is 6.16. The number of esters is 1. The lowest BCUT2D eigenvalue weighted by molar-refractivity contribution is 0.0513. The average molecular weight is 314 g/mol. The van der Waals surface area contributed by atoms with E-state index in [1.54, 1.807) is 17.8 Å². The Morgan fingerprint density at radius 3 is 2.89 bits per heavy atom. The molecule has 7 heteroatoms. The van der Waals surface area contributed by atoms with Gasteiger partial charge >= 0.3 is 5.97 Å². The van der Waals surface area contributed by atoms with E-state index in [-0.39, 0.29) is 5.69 Å². The van der Waals surface area contributed by atoms with Crippen LogP contribution >= 0.6 is 15.9 Å². The monoisotopic (exact) mass is 313 g/mol. The first kappa shape index (κ1) is 12.8. The third kappa shape index (κ3) is 2.05. The second-order valence-corrected chi connectivity index (χ2v) is 4.46. The number of ether oxygens (including phenoxy) is 1. The average Bonchev–Trinajstić information content (AvgIpc) is 2.85. The van der Waals surface area contributed by atoms with E-state index in [0.717, 1.165) is 11.3 Å². The van der Waals surface area contributed by atoms with E-state index in [2.05, 4.69) is 26.2 Å². The molecular weight excluding hydrogens is 302 g/mol. The molecule has 0 spiro atoms. The van der Waals surface area contributed by atoms with Crippen LogP contribution in [-0.4, -0.2) is 27.5 Å². The second-order valence-electron chi connectivity index (χ2n) is 3.66. The number of hydrogen-bond donors (Lipinski definition) is 0. The fourth-order valence-electron chi connectivity index (χ4n) is 1.49. The van der Waals surface area contributed by atoms with Gasteiger partial charge in [-0.2, -0.15) is 5.10 Å². The van der Waals surface area contributed by atoms with Crippen molar-refractivity contribution in [2.75, 3.05) is 6.61 Å². The van der Waals surface area contributed by atoms with Crippen LogP contribution in [0.2, 0.25) is 0 Å². The van der Waals surface area contributed by atoms with Crippen molar-refractivity contribution in [1.29, 1.82) is 0 Å². The summed E-state index contributed by atoms with van der Waals surface area (Å²) < 4.78 is 12.3. The van der Waals surface area contributed by atoms with E-state index >= 15 is 0 Å². The first-order chi connectivity index (χ1) is 8.56. The smallest absolute Gasteiger partial charge is 0.361 e. The van der Waals surface area contributed by atoms with Crippen molar-refractivity contribution >= 4 is 21.9 Å². The van der Waals surface area contributed by atoms with Crippen molar-refractivity contribution in [1.82, 2.24) is 14.9 Å². The fourth-order valence-corrected chi connectivity index (χ4v) is 2.01. The molecule has 0 radical (unpaired) electrons. The molecule has 0 aliphatic carbocycles. The van der Waals surface area contributed by atoms with Crippen molar-refractivity contribution in [3.05, 3.63) is 22.1 Å². The number of carbonyl (C=O) groups excluding carboxylic acids is 1. The predicted molar refractivity (Wildman–Crippen MR) is 67.1 cm³/mol.